The van der Waals surface area contributed by atoms with E-state index in [0.29, 0.717) is 24.3 Å². The van der Waals surface area contributed by atoms with Gasteiger partial charge in [-0.15, -0.1) is 0 Å². The second kappa shape index (κ2) is 10.8. The van der Waals surface area contributed by atoms with Crippen molar-refractivity contribution in [3.05, 3.63) is 89.0 Å². The monoisotopic (exact) mass is 460 g/mol. The van der Waals surface area contributed by atoms with Crippen LogP contribution in [0.1, 0.15) is 34.7 Å². The van der Waals surface area contributed by atoms with Crippen LogP contribution in [0.3, 0.4) is 0 Å². The number of rotatable bonds is 8. The molecule has 8 nitrogen and oxygen atoms in total. The third kappa shape index (κ3) is 5.72. The normalized spacial score (nSPS) is 17.6. The number of aromatic hydroxyl groups is 1. The number of hydrogen-bond donors (Lipinski definition) is 4. The summed E-state index contributed by atoms with van der Waals surface area (Å²) in [6, 6.07) is 20.7. The molecule has 1 amide bonds. The zero-order chi connectivity index (χ0) is 23.9. The number of hydrazone groups is 1. The van der Waals surface area contributed by atoms with E-state index in [9.17, 15) is 9.90 Å². The van der Waals surface area contributed by atoms with Crippen molar-refractivity contribution in [2.24, 2.45) is 5.10 Å². The number of hydrazine groups is 1. The number of carbonyl (C=O) groups excluding carboxylic acids is 1. The minimum Gasteiger partial charge on any atom is -0.504 e. The molecule has 4 rings (SSSR count). The Bertz CT molecular complexity index is 1150. The molecule has 0 aromatic heterocycles. The fraction of sp³-hybridized carbons (Fsp3) is 0.231. The summed E-state index contributed by atoms with van der Waals surface area (Å²) < 4.78 is 10.9. The SMILES string of the molecule is COc1cccc(/C=N/NC(=O)C2CC(c3ccc(OCc4ccc(C)cc4)cc3)NN2)c1O. The number of benzene rings is 3. The predicted molar refractivity (Wildman–Crippen MR) is 130 cm³/mol. The van der Waals surface area contributed by atoms with Crippen molar-refractivity contribution in [2.75, 3.05) is 7.11 Å². The highest BCUT2D eigenvalue weighted by atomic mass is 16.5. The van der Waals surface area contributed by atoms with Gasteiger partial charge in [-0.3, -0.25) is 4.79 Å². The van der Waals surface area contributed by atoms with Crippen LogP contribution in [0.2, 0.25) is 0 Å². The summed E-state index contributed by atoms with van der Waals surface area (Å²) in [6.45, 7) is 2.57. The molecule has 8 heteroatoms. The van der Waals surface area contributed by atoms with Crippen molar-refractivity contribution in [2.45, 2.75) is 32.0 Å². The second-order valence-electron chi connectivity index (χ2n) is 8.11. The Balaban J connectivity index is 1.27. The molecule has 4 N–H and O–H groups in total. The highest BCUT2D eigenvalue weighted by molar-refractivity contribution is 5.87. The first-order chi connectivity index (χ1) is 16.5. The van der Waals surface area contributed by atoms with Crippen LogP contribution in [0, 0.1) is 6.92 Å². The average molecular weight is 461 g/mol. The van der Waals surface area contributed by atoms with Crippen molar-refractivity contribution in [1.29, 1.82) is 0 Å². The van der Waals surface area contributed by atoms with Crippen LogP contribution < -0.4 is 25.8 Å². The minimum atomic E-state index is -0.446. The van der Waals surface area contributed by atoms with E-state index in [-0.39, 0.29) is 17.7 Å². The first kappa shape index (κ1) is 23.3. The number of ether oxygens (including phenoxy) is 2. The standard InChI is InChI=1S/C26H28N4O4/c1-17-6-8-18(9-7-17)16-34-21-12-10-19(11-13-21)22-14-23(29-28-22)26(32)30-27-15-20-4-3-5-24(33-2)25(20)31/h3-13,15,22-23,28-29,31H,14,16H2,1-2H3,(H,30,32)/b27-15+. The maximum Gasteiger partial charge on any atom is 0.258 e. The molecule has 3 aromatic rings. The van der Waals surface area contributed by atoms with Crippen molar-refractivity contribution in [3.8, 4) is 17.2 Å². The Kier molecular flexibility index (Phi) is 7.41. The third-order valence-electron chi connectivity index (χ3n) is 5.66. The van der Waals surface area contributed by atoms with Gasteiger partial charge in [-0.1, -0.05) is 48.0 Å². The molecule has 34 heavy (non-hydrogen) atoms. The van der Waals surface area contributed by atoms with Crippen LogP contribution in [0.5, 0.6) is 17.2 Å². The van der Waals surface area contributed by atoms with E-state index in [0.717, 1.165) is 16.9 Å². The molecule has 1 heterocycles. The van der Waals surface area contributed by atoms with E-state index >= 15 is 0 Å². The first-order valence-electron chi connectivity index (χ1n) is 11.0. The minimum absolute atomic E-state index is 0.0201. The maximum atomic E-state index is 12.5. The molecule has 0 radical (unpaired) electrons. The molecule has 0 aliphatic carbocycles. The van der Waals surface area contributed by atoms with Gasteiger partial charge in [0.15, 0.2) is 11.5 Å². The van der Waals surface area contributed by atoms with Gasteiger partial charge in [0, 0.05) is 11.6 Å². The summed E-state index contributed by atoms with van der Waals surface area (Å²) in [4.78, 5) is 12.5. The fourth-order valence-electron chi connectivity index (χ4n) is 3.65. The van der Waals surface area contributed by atoms with Gasteiger partial charge in [0.2, 0.25) is 0 Å². The van der Waals surface area contributed by atoms with Gasteiger partial charge in [-0.05, 0) is 48.7 Å². The van der Waals surface area contributed by atoms with Gasteiger partial charge in [0.1, 0.15) is 18.4 Å². The van der Waals surface area contributed by atoms with Gasteiger partial charge in [0.25, 0.3) is 5.91 Å². The second-order valence-corrected chi connectivity index (χ2v) is 8.11. The van der Waals surface area contributed by atoms with E-state index in [1.165, 1.54) is 18.9 Å². The summed E-state index contributed by atoms with van der Waals surface area (Å²) in [7, 11) is 1.47. The maximum absolute atomic E-state index is 12.5. The summed E-state index contributed by atoms with van der Waals surface area (Å²) in [6.07, 6.45) is 1.94. The molecule has 1 aliphatic heterocycles. The highest BCUT2D eigenvalue weighted by Crippen LogP contribution is 2.28. The smallest absolute Gasteiger partial charge is 0.258 e. The number of para-hydroxylation sites is 1. The largest absolute Gasteiger partial charge is 0.504 e. The quantitative estimate of drug-likeness (QED) is 0.304. The molecule has 2 atom stereocenters. The molecular weight excluding hydrogens is 432 g/mol. The van der Waals surface area contributed by atoms with Crippen LogP contribution in [0.25, 0.3) is 0 Å². The number of methoxy groups -OCH3 is 1. The number of phenolic OH excluding ortho intramolecular Hbond substituents is 1. The number of nitrogens with one attached hydrogen (secondary N) is 3. The molecule has 1 saturated heterocycles. The lowest BCUT2D eigenvalue weighted by Crippen LogP contribution is -2.41. The number of nitrogens with zero attached hydrogens (tertiary/aromatic N) is 1. The summed E-state index contributed by atoms with van der Waals surface area (Å²) >= 11 is 0. The summed E-state index contributed by atoms with van der Waals surface area (Å²) in [5, 5.41) is 14.0. The Hall–Kier alpha value is -3.88. The number of amides is 1. The lowest BCUT2D eigenvalue weighted by Gasteiger charge is -2.11. The Morgan fingerprint density at radius 2 is 1.88 bits per heavy atom. The molecule has 0 spiro atoms. The Morgan fingerprint density at radius 3 is 2.62 bits per heavy atom. The highest BCUT2D eigenvalue weighted by Gasteiger charge is 2.30. The number of carbonyl (C=O) groups is 1. The fourth-order valence-corrected chi connectivity index (χ4v) is 3.65. The molecule has 176 valence electrons. The van der Waals surface area contributed by atoms with E-state index in [1.807, 2.05) is 24.3 Å². The number of phenols is 1. The van der Waals surface area contributed by atoms with Crippen LogP contribution >= 0.6 is 0 Å². The van der Waals surface area contributed by atoms with Gasteiger partial charge in [0.05, 0.1) is 13.3 Å². The number of hydrogen-bond acceptors (Lipinski definition) is 7. The van der Waals surface area contributed by atoms with Gasteiger partial charge >= 0.3 is 0 Å². The zero-order valence-corrected chi connectivity index (χ0v) is 19.1. The van der Waals surface area contributed by atoms with E-state index < -0.39 is 6.04 Å². The van der Waals surface area contributed by atoms with Crippen LogP contribution in [-0.2, 0) is 11.4 Å². The van der Waals surface area contributed by atoms with E-state index in [1.54, 1.807) is 18.2 Å². The van der Waals surface area contributed by atoms with Crippen molar-refractivity contribution in [3.63, 3.8) is 0 Å². The van der Waals surface area contributed by atoms with Crippen LogP contribution in [0.4, 0.5) is 0 Å². The van der Waals surface area contributed by atoms with Crippen molar-refractivity contribution >= 4 is 12.1 Å². The molecule has 3 aromatic carbocycles. The molecular formula is C26H28N4O4. The lowest BCUT2D eigenvalue weighted by molar-refractivity contribution is -0.122. The topological polar surface area (TPSA) is 104 Å². The average Bonchev–Trinajstić information content (AvgIpc) is 3.35. The molecule has 1 fully saturated rings. The Morgan fingerprint density at radius 1 is 1.12 bits per heavy atom. The van der Waals surface area contributed by atoms with Crippen molar-refractivity contribution < 1.29 is 19.4 Å². The van der Waals surface area contributed by atoms with Crippen molar-refractivity contribution in [1.82, 2.24) is 16.3 Å². The van der Waals surface area contributed by atoms with Crippen LogP contribution in [-0.4, -0.2) is 30.4 Å². The Labute approximate surface area is 198 Å². The summed E-state index contributed by atoms with van der Waals surface area (Å²) in [5.74, 6) is 0.827. The molecule has 0 saturated carbocycles. The van der Waals surface area contributed by atoms with Gasteiger partial charge < -0.3 is 14.6 Å². The van der Waals surface area contributed by atoms with Gasteiger partial charge in [-0.25, -0.2) is 16.3 Å². The predicted octanol–water partition coefficient (Wildman–Crippen LogP) is 3.35. The van der Waals surface area contributed by atoms with Crippen LogP contribution in [0.15, 0.2) is 71.8 Å². The van der Waals surface area contributed by atoms with E-state index in [2.05, 4.69) is 52.6 Å². The lowest BCUT2D eigenvalue weighted by atomic mass is 10.0. The molecule has 2 unspecified atom stereocenters. The molecule has 0 bridgehead atoms. The van der Waals surface area contributed by atoms with Gasteiger partial charge in [-0.2, -0.15) is 5.10 Å². The summed E-state index contributed by atoms with van der Waals surface area (Å²) in [5.41, 5.74) is 12.5. The zero-order valence-electron chi connectivity index (χ0n) is 19.1. The third-order valence-corrected chi connectivity index (χ3v) is 5.66. The molecule has 1 aliphatic rings. The van der Waals surface area contributed by atoms with E-state index in [4.69, 9.17) is 9.47 Å². The number of aryl methyl sites for hydroxylation is 1. The first-order valence-corrected chi connectivity index (χ1v) is 11.0.